The molecule has 0 aliphatic carbocycles. The minimum absolute atomic E-state index is 0.226. The van der Waals surface area contributed by atoms with Gasteiger partial charge in [0.1, 0.15) is 11.6 Å². The molecular weight excluding hydrogens is 359 g/mol. The van der Waals surface area contributed by atoms with E-state index < -0.39 is 0 Å². The van der Waals surface area contributed by atoms with Crippen molar-refractivity contribution in [1.29, 1.82) is 0 Å². The van der Waals surface area contributed by atoms with E-state index in [9.17, 15) is 9.18 Å². The third-order valence-electron chi connectivity index (χ3n) is 5.04. The van der Waals surface area contributed by atoms with Crippen molar-refractivity contribution in [2.24, 2.45) is 0 Å². The lowest BCUT2D eigenvalue weighted by Crippen LogP contribution is -2.37. The summed E-state index contributed by atoms with van der Waals surface area (Å²) in [7, 11) is 1.60. The van der Waals surface area contributed by atoms with Crippen LogP contribution in [-0.2, 0) is 6.42 Å². The number of benzene rings is 2. The van der Waals surface area contributed by atoms with E-state index in [4.69, 9.17) is 4.74 Å². The minimum Gasteiger partial charge on any atom is -0.497 e. The fourth-order valence-corrected chi connectivity index (χ4v) is 3.67. The highest BCUT2D eigenvalue weighted by Gasteiger charge is 2.30. The Kier molecular flexibility index (Phi) is 4.58. The molecule has 0 radical (unpaired) electrons. The SMILES string of the molecule is COc1ccc(-n2nnc(C(=O)N3CCCc4cc(C)cc(F)c43)c2C)cc1. The zero-order valence-electron chi connectivity index (χ0n) is 16.1. The number of rotatable bonds is 3. The maximum absolute atomic E-state index is 14.7. The highest BCUT2D eigenvalue weighted by molar-refractivity contribution is 6.06. The van der Waals surface area contributed by atoms with Crippen molar-refractivity contribution in [1.82, 2.24) is 15.0 Å². The van der Waals surface area contributed by atoms with Crippen molar-refractivity contribution in [3.63, 3.8) is 0 Å². The monoisotopic (exact) mass is 380 g/mol. The maximum Gasteiger partial charge on any atom is 0.280 e. The highest BCUT2D eigenvalue weighted by atomic mass is 19.1. The van der Waals surface area contributed by atoms with E-state index in [-0.39, 0.29) is 17.4 Å². The molecule has 0 saturated heterocycles. The molecule has 1 aromatic heterocycles. The molecule has 3 aromatic rings. The average Bonchev–Trinajstić information content (AvgIpc) is 3.08. The molecule has 1 aliphatic heterocycles. The van der Waals surface area contributed by atoms with Crippen molar-refractivity contribution in [3.8, 4) is 11.4 Å². The van der Waals surface area contributed by atoms with Crippen LogP contribution in [0.15, 0.2) is 36.4 Å². The summed E-state index contributed by atoms with van der Waals surface area (Å²) in [5.41, 5.74) is 3.67. The molecule has 0 bridgehead atoms. The number of hydrogen-bond donors (Lipinski definition) is 0. The Morgan fingerprint density at radius 3 is 2.64 bits per heavy atom. The Bertz CT molecular complexity index is 1040. The fourth-order valence-electron chi connectivity index (χ4n) is 3.67. The van der Waals surface area contributed by atoms with Gasteiger partial charge in [0.05, 0.1) is 24.2 Å². The van der Waals surface area contributed by atoms with Crippen LogP contribution in [0, 0.1) is 19.7 Å². The summed E-state index contributed by atoms with van der Waals surface area (Å²) in [6.45, 7) is 4.10. The lowest BCUT2D eigenvalue weighted by molar-refractivity contribution is 0.0978. The number of ether oxygens (including phenoxy) is 1. The van der Waals surface area contributed by atoms with Crippen LogP contribution >= 0.6 is 0 Å². The first kappa shape index (κ1) is 18.2. The van der Waals surface area contributed by atoms with Crippen LogP contribution in [0.1, 0.15) is 33.7 Å². The molecule has 0 atom stereocenters. The minimum atomic E-state index is -0.372. The largest absolute Gasteiger partial charge is 0.497 e. The van der Waals surface area contributed by atoms with Crippen LogP contribution in [0.2, 0.25) is 0 Å². The smallest absolute Gasteiger partial charge is 0.280 e. The van der Waals surface area contributed by atoms with Gasteiger partial charge in [-0.05, 0) is 68.1 Å². The third kappa shape index (κ3) is 3.02. The summed E-state index contributed by atoms with van der Waals surface area (Å²) in [5.74, 6) is 0.0257. The number of carbonyl (C=O) groups is 1. The van der Waals surface area contributed by atoms with E-state index in [2.05, 4.69) is 10.3 Å². The van der Waals surface area contributed by atoms with Crippen molar-refractivity contribution < 1.29 is 13.9 Å². The number of nitrogens with zero attached hydrogens (tertiary/aromatic N) is 4. The number of hydrogen-bond acceptors (Lipinski definition) is 4. The topological polar surface area (TPSA) is 60.2 Å². The molecule has 144 valence electrons. The number of anilines is 1. The van der Waals surface area contributed by atoms with Crippen LogP contribution in [0.5, 0.6) is 5.75 Å². The second kappa shape index (κ2) is 7.07. The van der Waals surface area contributed by atoms with Gasteiger partial charge in [-0.3, -0.25) is 4.79 Å². The quantitative estimate of drug-likeness (QED) is 0.696. The van der Waals surface area contributed by atoms with Crippen molar-refractivity contribution in [2.45, 2.75) is 26.7 Å². The molecule has 1 amide bonds. The molecule has 2 aromatic carbocycles. The average molecular weight is 380 g/mol. The first-order chi connectivity index (χ1) is 13.5. The molecular formula is C21H21FN4O2. The molecule has 0 saturated carbocycles. The second-order valence-electron chi connectivity index (χ2n) is 6.95. The summed E-state index contributed by atoms with van der Waals surface area (Å²) in [4.78, 5) is 14.7. The molecule has 0 spiro atoms. The number of aromatic nitrogens is 3. The Labute approximate surface area is 162 Å². The van der Waals surface area contributed by atoms with Gasteiger partial charge >= 0.3 is 0 Å². The predicted molar refractivity (Wildman–Crippen MR) is 104 cm³/mol. The summed E-state index contributed by atoms with van der Waals surface area (Å²) in [6.07, 6.45) is 1.54. The Balaban J connectivity index is 1.70. The molecule has 0 fully saturated rings. The first-order valence-corrected chi connectivity index (χ1v) is 9.17. The first-order valence-electron chi connectivity index (χ1n) is 9.17. The highest BCUT2D eigenvalue weighted by Crippen LogP contribution is 2.32. The standard InChI is InChI=1S/C21H21FN4O2/c1-13-11-15-5-4-10-25(20(15)18(22)12-13)21(27)19-14(2)26(24-23-19)16-6-8-17(28-3)9-7-16/h6-9,11-12H,4-5,10H2,1-3H3. The zero-order chi connectivity index (χ0) is 19.8. The normalized spacial score (nSPS) is 13.4. The van der Waals surface area contributed by atoms with E-state index in [1.807, 2.05) is 37.3 Å². The van der Waals surface area contributed by atoms with Crippen molar-refractivity contribution >= 4 is 11.6 Å². The van der Waals surface area contributed by atoms with Gasteiger partial charge in [0.15, 0.2) is 5.69 Å². The number of aryl methyl sites for hydroxylation is 2. The lowest BCUT2D eigenvalue weighted by Gasteiger charge is -2.29. The van der Waals surface area contributed by atoms with Crippen molar-refractivity contribution in [2.75, 3.05) is 18.6 Å². The van der Waals surface area contributed by atoms with Crippen LogP contribution in [0.4, 0.5) is 10.1 Å². The van der Waals surface area contributed by atoms with Gasteiger partial charge in [0, 0.05) is 6.54 Å². The number of carbonyl (C=O) groups excluding carboxylic acids is 1. The van der Waals surface area contributed by atoms with Crippen LogP contribution < -0.4 is 9.64 Å². The summed E-state index contributed by atoms with van der Waals surface area (Å²) < 4.78 is 21.4. The Hall–Kier alpha value is -3.22. The molecule has 2 heterocycles. The van der Waals surface area contributed by atoms with Crippen LogP contribution in [-0.4, -0.2) is 34.6 Å². The third-order valence-corrected chi connectivity index (χ3v) is 5.04. The van der Waals surface area contributed by atoms with Gasteiger partial charge in [0.25, 0.3) is 5.91 Å². The summed E-state index contributed by atoms with van der Waals surface area (Å²) >= 11 is 0. The van der Waals surface area contributed by atoms with Gasteiger partial charge in [-0.1, -0.05) is 11.3 Å². The molecule has 7 heteroatoms. The van der Waals surface area contributed by atoms with Crippen molar-refractivity contribution in [3.05, 3.63) is 64.7 Å². The molecule has 6 nitrogen and oxygen atoms in total. The Morgan fingerprint density at radius 1 is 1.18 bits per heavy atom. The van der Waals surface area contributed by atoms with Crippen LogP contribution in [0.25, 0.3) is 5.69 Å². The molecule has 4 rings (SSSR count). The van der Waals surface area contributed by atoms with E-state index in [0.717, 1.165) is 35.4 Å². The zero-order valence-corrected chi connectivity index (χ0v) is 16.1. The van der Waals surface area contributed by atoms with E-state index in [1.54, 1.807) is 18.7 Å². The lowest BCUT2D eigenvalue weighted by atomic mass is 9.98. The van der Waals surface area contributed by atoms with E-state index >= 15 is 0 Å². The van der Waals surface area contributed by atoms with Gasteiger partial charge < -0.3 is 9.64 Å². The van der Waals surface area contributed by atoms with Gasteiger partial charge in [-0.15, -0.1) is 5.10 Å². The van der Waals surface area contributed by atoms with Crippen LogP contribution in [0.3, 0.4) is 0 Å². The van der Waals surface area contributed by atoms with Gasteiger partial charge in [0.2, 0.25) is 0 Å². The van der Waals surface area contributed by atoms with Gasteiger partial charge in [-0.2, -0.15) is 0 Å². The molecule has 28 heavy (non-hydrogen) atoms. The van der Waals surface area contributed by atoms with E-state index in [1.165, 1.54) is 11.0 Å². The summed E-state index contributed by atoms with van der Waals surface area (Å²) in [5, 5.41) is 8.23. The maximum atomic E-state index is 14.7. The predicted octanol–water partition coefficient (Wildman–Crippen LogP) is 3.62. The van der Waals surface area contributed by atoms with Gasteiger partial charge in [-0.25, -0.2) is 9.07 Å². The summed E-state index contributed by atoms with van der Waals surface area (Å²) in [6, 6.07) is 10.7. The number of methoxy groups -OCH3 is 1. The fraction of sp³-hybridized carbons (Fsp3) is 0.286. The number of halogens is 1. The molecule has 0 unspecified atom stereocenters. The Morgan fingerprint density at radius 2 is 1.93 bits per heavy atom. The van der Waals surface area contributed by atoms with E-state index in [0.29, 0.717) is 17.9 Å². The second-order valence-corrected chi connectivity index (χ2v) is 6.95. The number of fused-ring (bicyclic) bond motifs is 1. The number of amides is 1. The molecule has 1 aliphatic rings. The molecule has 0 N–H and O–H groups in total.